The molecule has 3 heterocycles. The Morgan fingerprint density at radius 3 is 2.72 bits per heavy atom. The zero-order chi connectivity index (χ0) is 17.9. The SMILES string of the molecule is Cc1ncccc1OC1(C(=O)O)CCN(C(=O)C2CCCCO2)CC1. The fourth-order valence-electron chi connectivity index (χ4n) is 3.37. The molecule has 0 aliphatic carbocycles. The van der Waals surface area contributed by atoms with Crippen LogP contribution in [-0.4, -0.2) is 58.3 Å². The number of pyridine rings is 1. The van der Waals surface area contributed by atoms with E-state index in [1.165, 1.54) is 0 Å². The van der Waals surface area contributed by atoms with Crippen molar-refractivity contribution in [2.45, 2.75) is 50.7 Å². The quantitative estimate of drug-likeness (QED) is 0.892. The molecule has 2 saturated heterocycles. The molecule has 0 spiro atoms. The number of nitrogens with zero attached hydrogens (tertiary/aromatic N) is 2. The van der Waals surface area contributed by atoms with Crippen LogP contribution in [0.5, 0.6) is 5.75 Å². The van der Waals surface area contributed by atoms with Crippen molar-refractivity contribution in [3.63, 3.8) is 0 Å². The maximum atomic E-state index is 12.5. The summed E-state index contributed by atoms with van der Waals surface area (Å²) in [5.74, 6) is -0.562. The molecule has 2 aliphatic heterocycles. The number of aromatic nitrogens is 1. The molecule has 2 aliphatic rings. The summed E-state index contributed by atoms with van der Waals surface area (Å²) < 4.78 is 11.4. The van der Waals surface area contributed by atoms with E-state index in [-0.39, 0.29) is 24.9 Å². The van der Waals surface area contributed by atoms with Crippen molar-refractivity contribution in [2.24, 2.45) is 0 Å². The van der Waals surface area contributed by atoms with Crippen LogP contribution < -0.4 is 4.74 Å². The van der Waals surface area contributed by atoms with Gasteiger partial charge in [0.2, 0.25) is 5.60 Å². The van der Waals surface area contributed by atoms with Crippen molar-refractivity contribution in [1.29, 1.82) is 0 Å². The molecule has 0 saturated carbocycles. The number of hydrogen-bond donors (Lipinski definition) is 1. The minimum Gasteiger partial charge on any atom is -0.478 e. The van der Waals surface area contributed by atoms with Crippen LogP contribution in [0.3, 0.4) is 0 Å². The Hall–Kier alpha value is -2.15. The maximum absolute atomic E-state index is 12.5. The molecule has 1 aromatic heterocycles. The molecule has 3 rings (SSSR count). The highest BCUT2D eigenvalue weighted by atomic mass is 16.5. The van der Waals surface area contributed by atoms with E-state index in [0.717, 1.165) is 19.3 Å². The molecule has 1 atom stereocenters. The molecular weight excluding hydrogens is 324 g/mol. The first kappa shape index (κ1) is 17.7. The molecule has 136 valence electrons. The van der Waals surface area contributed by atoms with Gasteiger partial charge in [-0.2, -0.15) is 0 Å². The fourth-order valence-corrected chi connectivity index (χ4v) is 3.37. The van der Waals surface area contributed by atoms with Crippen molar-refractivity contribution in [3.8, 4) is 5.75 Å². The molecule has 7 heteroatoms. The number of hydrogen-bond acceptors (Lipinski definition) is 5. The second-order valence-corrected chi connectivity index (χ2v) is 6.67. The van der Waals surface area contributed by atoms with E-state index < -0.39 is 11.6 Å². The third-order valence-corrected chi connectivity index (χ3v) is 4.99. The molecule has 7 nitrogen and oxygen atoms in total. The highest BCUT2D eigenvalue weighted by Crippen LogP contribution is 2.31. The summed E-state index contributed by atoms with van der Waals surface area (Å²) in [5.41, 5.74) is -0.671. The number of aryl methyl sites for hydroxylation is 1. The van der Waals surface area contributed by atoms with Gasteiger partial charge in [0.1, 0.15) is 11.9 Å². The summed E-state index contributed by atoms with van der Waals surface area (Å²) in [4.78, 5) is 30.3. The van der Waals surface area contributed by atoms with Gasteiger partial charge in [-0.25, -0.2) is 4.79 Å². The second kappa shape index (κ2) is 7.39. The first-order valence-corrected chi connectivity index (χ1v) is 8.76. The molecule has 1 N–H and O–H groups in total. The van der Waals surface area contributed by atoms with E-state index in [0.29, 0.717) is 31.1 Å². The summed E-state index contributed by atoms with van der Waals surface area (Å²) >= 11 is 0. The van der Waals surface area contributed by atoms with E-state index in [4.69, 9.17) is 9.47 Å². The number of carboxylic acid groups (broad SMARTS) is 1. The smallest absolute Gasteiger partial charge is 0.348 e. The fraction of sp³-hybridized carbons (Fsp3) is 0.611. The third-order valence-electron chi connectivity index (χ3n) is 4.99. The average molecular weight is 348 g/mol. The predicted molar refractivity (Wildman–Crippen MR) is 89.4 cm³/mol. The Bertz CT molecular complexity index is 634. The van der Waals surface area contributed by atoms with Gasteiger partial charge >= 0.3 is 5.97 Å². The lowest BCUT2D eigenvalue weighted by atomic mass is 9.90. The van der Waals surface area contributed by atoms with Crippen LogP contribution in [-0.2, 0) is 14.3 Å². The Labute approximate surface area is 146 Å². The van der Waals surface area contributed by atoms with Crippen LogP contribution in [0, 0.1) is 6.92 Å². The number of likely N-dealkylation sites (tertiary alicyclic amines) is 1. The summed E-state index contributed by atoms with van der Waals surface area (Å²) in [5, 5.41) is 9.74. The number of carboxylic acids is 1. The Balaban J connectivity index is 1.67. The monoisotopic (exact) mass is 348 g/mol. The van der Waals surface area contributed by atoms with Crippen molar-refractivity contribution in [2.75, 3.05) is 19.7 Å². The van der Waals surface area contributed by atoms with E-state index in [9.17, 15) is 14.7 Å². The van der Waals surface area contributed by atoms with Crippen molar-refractivity contribution in [1.82, 2.24) is 9.88 Å². The van der Waals surface area contributed by atoms with Gasteiger partial charge in [-0.05, 0) is 38.3 Å². The number of piperidine rings is 1. The topological polar surface area (TPSA) is 89.0 Å². The summed E-state index contributed by atoms with van der Waals surface area (Å²) in [6.07, 6.45) is 4.47. The number of carbonyl (C=O) groups excluding carboxylic acids is 1. The van der Waals surface area contributed by atoms with Crippen LogP contribution >= 0.6 is 0 Å². The first-order valence-electron chi connectivity index (χ1n) is 8.76. The molecule has 25 heavy (non-hydrogen) atoms. The Morgan fingerprint density at radius 2 is 2.12 bits per heavy atom. The van der Waals surface area contributed by atoms with Crippen LogP contribution in [0.25, 0.3) is 0 Å². The number of carbonyl (C=O) groups is 2. The van der Waals surface area contributed by atoms with Crippen LogP contribution in [0.15, 0.2) is 18.3 Å². The van der Waals surface area contributed by atoms with Gasteiger partial charge < -0.3 is 19.5 Å². The molecule has 0 aromatic carbocycles. The minimum absolute atomic E-state index is 0.0313. The van der Waals surface area contributed by atoms with Crippen LogP contribution in [0.4, 0.5) is 0 Å². The highest BCUT2D eigenvalue weighted by molar-refractivity contribution is 5.82. The van der Waals surface area contributed by atoms with Crippen molar-refractivity contribution >= 4 is 11.9 Å². The van der Waals surface area contributed by atoms with Gasteiger partial charge in [-0.1, -0.05) is 0 Å². The van der Waals surface area contributed by atoms with E-state index in [1.54, 1.807) is 30.2 Å². The lowest BCUT2D eigenvalue weighted by molar-refractivity contribution is -0.164. The minimum atomic E-state index is -1.32. The predicted octanol–water partition coefficient (Wildman–Crippen LogP) is 1.78. The van der Waals surface area contributed by atoms with Crippen molar-refractivity contribution in [3.05, 3.63) is 24.0 Å². The highest BCUT2D eigenvalue weighted by Gasteiger charge is 2.46. The standard InChI is InChI=1S/C18H24N2O5/c1-13-14(6-4-9-19-13)25-18(17(22)23)7-10-20(11-8-18)16(21)15-5-2-3-12-24-15/h4,6,9,15H,2-3,5,7-8,10-12H2,1H3,(H,22,23). The maximum Gasteiger partial charge on any atom is 0.348 e. The van der Waals surface area contributed by atoms with Gasteiger partial charge in [-0.3, -0.25) is 9.78 Å². The second-order valence-electron chi connectivity index (χ2n) is 6.67. The number of aliphatic carboxylic acids is 1. The van der Waals surface area contributed by atoms with Gasteiger partial charge in [0.25, 0.3) is 5.91 Å². The molecule has 1 unspecified atom stereocenters. The van der Waals surface area contributed by atoms with Gasteiger partial charge in [0.05, 0.1) is 5.69 Å². The van der Waals surface area contributed by atoms with Crippen molar-refractivity contribution < 1.29 is 24.2 Å². The summed E-state index contributed by atoms with van der Waals surface area (Å²) in [7, 11) is 0. The number of ether oxygens (including phenoxy) is 2. The Kier molecular flexibility index (Phi) is 5.22. The first-order chi connectivity index (χ1) is 12.0. The third kappa shape index (κ3) is 3.76. The zero-order valence-electron chi connectivity index (χ0n) is 14.4. The van der Waals surface area contributed by atoms with E-state index in [1.807, 2.05) is 0 Å². The normalized spacial score (nSPS) is 23.1. The molecule has 0 radical (unpaired) electrons. The van der Waals surface area contributed by atoms with Crippen LogP contribution in [0.1, 0.15) is 37.8 Å². The number of rotatable bonds is 4. The lowest BCUT2D eigenvalue weighted by Gasteiger charge is -2.40. The average Bonchev–Trinajstić information content (AvgIpc) is 2.64. The molecule has 1 amide bonds. The molecular formula is C18H24N2O5. The Morgan fingerprint density at radius 1 is 1.36 bits per heavy atom. The summed E-state index contributed by atoms with van der Waals surface area (Å²) in [6.45, 7) is 3.10. The van der Waals surface area contributed by atoms with E-state index in [2.05, 4.69) is 4.98 Å². The van der Waals surface area contributed by atoms with Gasteiger partial charge in [0.15, 0.2) is 0 Å². The van der Waals surface area contributed by atoms with Gasteiger partial charge in [-0.15, -0.1) is 0 Å². The van der Waals surface area contributed by atoms with Crippen LogP contribution in [0.2, 0.25) is 0 Å². The largest absolute Gasteiger partial charge is 0.478 e. The molecule has 1 aromatic rings. The summed E-state index contributed by atoms with van der Waals surface area (Å²) in [6, 6.07) is 3.44. The van der Waals surface area contributed by atoms with E-state index >= 15 is 0 Å². The molecule has 2 fully saturated rings. The lowest BCUT2D eigenvalue weighted by Crippen LogP contribution is -2.56. The zero-order valence-corrected chi connectivity index (χ0v) is 14.4. The van der Waals surface area contributed by atoms with Gasteiger partial charge in [0, 0.05) is 38.7 Å². The molecule has 0 bridgehead atoms. The number of amides is 1.